The first kappa shape index (κ1) is 9.74. The van der Waals surface area contributed by atoms with Gasteiger partial charge in [-0.05, 0) is 19.5 Å². The van der Waals surface area contributed by atoms with Gasteiger partial charge in [0.1, 0.15) is 6.04 Å². The Bertz CT molecular complexity index is 310. The molecule has 0 aliphatic carbocycles. The van der Waals surface area contributed by atoms with E-state index in [0.717, 1.165) is 11.1 Å². The summed E-state index contributed by atoms with van der Waals surface area (Å²) in [5.74, 6) is -0.854. The van der Waals surface area contributed by atoms with Gasteiger partial charge in [-0.25, -0.2) is 0 Å². The Morgan fingerprint density at radius 3 is 2.69 bits per heavy atom. The highest BCUT2D eigenvalue weighted by molar-refractivity contribution is 5.75. The van der Waals surface area contributed by atoms with E-state index in [1.165, 1.54) is 0 Å². The van der Waals surface area contributed by atoms with E-state index in [0.29, 0.717) is 0 Å². The average molecular weight is 179 g/mol. The van der Waals surface area contributed by atoms with Crippen LogP contribution in [0.15, 0.2) is 24.3 Å². The molecular weight excluding hydrogens is 166 g/mol. The van der Waals surface area contributed by atoms with E-state index in [2.05, 4.69) is 5.32 Å². The molecule has 0 fully saturated rings. The Hall–Kier alpha value is -1.35. The Balaban J connectivity index is 2.98. The lowest BCUT2D eigenvalue weighted by atomic mass is 10.1. The molecule has 1 atom stereocenters. The van der Waals surface area contributed by atoms with Crippen molar-refractivity contribution >= 4 is 5.97 Å². The SMILES string of the molecule is CN[C@H](C(=O)O)c1cccc(C)c1. The van der Waals surface area contributed by atoms with Gasteiger partial charge in [0.2, 0.25) is 0 Å². The Kier molecular flexibility index (Phi) is 3.03. The number of carbonyl (C=O) groups is 1. The third kappa shape index (κ3) is 2.29. The topological polar surface area (TPSA) is 49.3 Å². The molecule has 1 aromatic rings. The summed E-state index contributed by atoms with van der Waals surface area (Å²) in [4.78, 5) is 10.8. The monoisotopic (exact) mass is 179 g/mol. The number of benzene rings is 1. The lowest BCUT2D eigenvalue weighted by Gasteiger charge is -2.11. The van der Waals surface area contributed by atoms with Crippen molar-refractivity contribution in [3.63, 3.8) is 0 Å². The molecule has 0 bridgehead atoms. The Morgan fingerprint density at radius 2 is 2.23 bits per heavy atom. The van der Waals surface area contributed by atoms with Crippen LogP contribution in [0.3, 0.4) is 0 Å². The summed E-state index contributed by atoms with van der Waals surface area (Å²) in [6, 6.07) is 6.87. The fourth-order valence-electron chi connectivity index (χ4n) is 1.28. The minimum absolute atomic E-state index is 0.611. The van der Waals surface area contributed by atoms with Crippen molar-refractivity contribution in [2.75, 3.05) is 7.05 Å². The molecule has 70 valence electrons. The highest BCUT2D eigenvalue weighted by atomic mass is 16.4. The number of nitrogens with one attached hydrogen (secondary N) is 1. The van der Waals surface area contributed by atoms with Crippen molar-refractivity contribution < 1.29 is 9.90 Å². The molecule has 0 aromatic heterocycles. The average Bonchev–Trinajstić information content (AvgIpc) is 2.04. The molecule has 0 amide bonds. The number of hydrogen-bond donors (Lipinski definition) is 2. The summed E-state index contributed by atoms with van der Waals surface area (Å²) in [5, 5.41) is 11.6. The largest absolute Gasteiger partial charge is 0.480 e. The summed E-state index contributed by atoms with van der Waals surface area (Å²) in [6.07, 6.45) is 0. The van der Waals surface area contributed by atoms with Gasteiger partial charge in [-0.2, -0.15) is 0 Å². The van der Waals surface area contributed by atoms with Crippen LogP contribution in [0.1, 0.15) is 17.2 Å². The van der Waals surface area contributed by atoms with E-state index >= 15 is 0 Å². The van der Waals surface area contributed by atoms with Crippen LogP contribution in [0.5, 0.6) is 0 Å². The fraction of sp³-hybridized carbons (Fsp3) is 0.300. The molecule has 2 N–H and O–H groups in total. The van der Waals surface area contributed by atoms with Gasteiger partial charge in [-0.1, -0.05) is 29.8 Å². The van der Waals surface area contributed by atoms with Crippen molar-refractivity contribution in [2.24, 2.45) is 0 Å². The third-order valence-corrected chi connectivity index (χ3v) is 1.91. The van der Waals surface area contributed by atoms with Crippen molar-refractivity contribution in [3.05, 3.63) is 35.4 Å². The number of aryl methyl sites for hydroxylation is 1. The number of carboxylic acid groups (broad SMARTS) is 1. The molecule has 3 nitrogen and oxygen atoms in total. The standard InChI is InChI=1S/C10H13NO2/c1-7-4-3-5-8(6-7)9(11-2)10(12)13/h3-6,9,11H,1-2H3,(H,12,13)/t9-/m0/s1. The van der Waals surface area contributed by atoms with Crippen LogP contribution in [-0.4, -0.2) is 18.1 Å². The van der Waals surface area contributed by atoms with Gasteiger partial charge in [0.15, 0.2) is 0 Å². The molecule has 0 unspecified atom stereocenters. The normalized spacial score (nSPS) is 12.5. The molecule has 0 aliphatic rings. The van der Waals surface area contributed by atoms with E-state index in [1.807, 2.05) is 31.2 Å². The molecule has 3 heteroatoms. The molecule has 13 heavy (non-hydrogen) atoms. The van der Waals surface area contributed by atoms with Crippen LogP contribution >= 0.6 is 0 Å². The van der Waals surface area contributed by atoms with Crippen molar-refractivity contribution in [1.82, 2.24) is 5.32 Å². The van der Waals surface area contributed by atoms with Crippen LogP contribution < -0.4 is 5.32 Å². The minimum Gasteiger partial charge on any atom is -0.480 e. The number of hydrogen-bond acceptors (Lipinski definition) is 2. The van der Waals surface area contributed by atoms with Gasteiger partial charge in [0.25, 0.3) is 0 Å². The zero-order chi connectivity index (χ0) is 9.84. The number of aliphatic carboxylic acids is 1. The van der Waals surface area contributed by atoms with Crippen LogP contribution in [0.25, 0.3) is 0 Å². The second-order valence-corrected chi connectivity index (χ2v) is 2.97. The van der Waals surface area contributed by atoms with E-state index < -0.39 is 12.0 Å². The van der Waals surface area contributed by atoms with Crippen LogP contribution in [-0.2, 0) is 4.79 Å². The number of carboxylic acids is 1. The summed E-state index contributed by atoms with van der Waals surface area (Å²) in [6.45, 7) is 1.94. The second kappa shape index (κ2) is 4.05. The lowest BCUT2D eigenvalue weighted by molar-refractivity contribution is -0.139. The molecule has 0 heterocycles. The second-order valence-electron chi connectivity index (χ2n) is 2.97. The Morgan fingerprint density at radius 1 is 1.54 bits per heavy atom. The first-order valence-electron chi connectivity index (χ1n) is 4.12. The highest BCUT2D eigenvalue weighted by Crippen LogP contribution is 2.13. The van der Waals surface area contributed by atoms with Gasteiger partial charge in [0, 0.05) is 0 Å². The van der Waals surface area contributed by atoms with Gasteiger partial charge in [0.05, 0.1) is 0 Å². The van der Waals surface area contributed by atoms with Crippen LogP contribution in [0.2, 0.25) is 0 Å². The molecular formula is C10H13NO2. The predicted octanol–water partition coefficient (Wildman–Crippen LogP) is 1.34. The van der Waals surface area contributed by atoms with E-state index in [1.54, 1.807) is 7.05 Å². The first-order chi connectivity index (χ1) is 6.15. The van der Waals surface area contributed by atoms with Crippen molar-refractivity contribution in [1.29, 1.82) is 0 Å². The predicted molar refractivity (Wildman–Crippen MR) is 50.6 cm³/mol. The van der Waals surface area contributed by atoms with E-state index in [4.69, 9.17) is 5.11 Å². The Labute approximate surface area is 77.4 Å². The zero-order valence-corrected chi connectivity index (χ0v) is 7.74. The molecule has 1 rings (SSSR count). The van der Waals surface area contributed by atoms with Crippen molar-refractivity contribution in [3.8, 4) is 0 Å². The molecule has 0 aliphatic heterocycles. The maximum Gasteiger partial charge on any atom is 0.325 e. The van der Waals surface area contributed by atoms with Crippen molar-refractivity contribution in [2.45, 2.75) is 13.0 Å². The molecule has 1 aromatic carbocycles. The zero-order valence-electron chi connectivity index (χ0n) is 7.74. The molecule has 0 radical (unpaired) electrons. The van der Waals surface area contributed by atoms with Gasteiger partial charge in [-0.3, -0.25) is 4.79 Å². The van der Waals surface area contributed by atoms with Gasteiger partial charge >= 0.3 is 5.97 Å². The van der Waals surface area contributed by atoms with Crippen LogP contribution in [0, 0.1) is 6.92 Å². The highest BCUT2D eigenvalue weighted by Gasteiger charge is 2.16. The maximum atomic E-state index is 10.8. The number of likely N-dealkylation sites (N-methyl/N-ethyl adjacent to an activating group) is 1. The van der Waals surface area contributed by atoms with E-state index in [9.17, 15) is 4.79 Å². The summed E-state index contributed by atoms with van der Waals surface area (Å²) < 4.78 is 0. The summed E-state index contributed by atoms with van der Waals surface area (Å²) >= 11 is 0. The van der Waals surface area contributed by atoms with Crippen LogP contribution in [0.4, 0.5) is 0 Å². The summed E-state index contributed by atoms with van der Waals surface area (Å²) in [5.41, 5.74) is 1.86. The quantitative estimate of drug-likeness (QED) is 0.736. The third-order valence-electron chi connectivity index (χ3n) is 1.91. The molecule has 0 spiro atoms. The minimum atomic E-state index is -0.854. The number of rotatable bonds is 3. The van der Waals surface area contributed by atoms with Gasteiger partial charge in [-0.15, -0.1) is 0 Å². The summed E-state index contributed by atoms with van der Waals surface area (Å²) in [7, 11) is 1.64. The molecule has 0 saturated carbocycles. The maximum absolute atomic E-state index is 10.8. The van der Waals surface area contributed by atoms with E-state index in [-0.39, 0.29) is 0 Å². The molecule has 0 saturated heterocycles. The smallest absolute Gasteiger partial charge is 0.325 e. The lowest BCUT2D eigenvalue weighted by Crippen LogP contribution is -2.24. The first-order valence-corrected chi connectivity index (χ1v) is 4.12. The van der Waals surface area contributed by atoms with Gasteiger partial charge < -0.3 is 10.4 Å². The fourth-order valence-corrected chi connectivity index (χ4v) is 1.28.